The lowest BCUT2D eigenvalue weighted by atomic mass is 9.91. The Labute approximate surface area is 195 Å². The largest absolute Gasteiger partial charge is 0.471 e. The molecule has 1 aliphatic carbocycles. The van der Waals surface area contributed by atoms with E-state index in [-0.39, 0.29) is 29.5 Å². The van der Waals surface area contributed by atoms with Crippen LogP contribution >= 0.6 is 23.8 Å². The Bertz CT molecular complexity index is 746. The Morgan fingerprint density at radius 3 is 2.77 bits per heavy atom. The maximum Gasteiger partial charge on any atom is 0.256 e. The lowest BCUT2D eigenvalue weighted by Gasteiger charge is -2.23. The average molecular weight is 469 g/mol. The second kappa shape index (κ2) is 13.7. The highest BCUT2D eigenvalue weighted by atomic mass is 35.5. The molecule has 1 fully saturated rings. The van der Waals surface area contributed by atoms with Gasteiger partial charge in [-0.05, 0) is 68.4 Å². The highest BCUT2D eigenvalue weighted by Gasteiger charge is 2.41. The zero-order chi connectivity index (χ0) is 22.6. The standard InChI is InChI=1S/C23H33ClN2O4S/c1-2-25-22(29)11-6-4-3-5-10-18-19(21(28)13-20(18)27)15-30-23(31)26-14-16-8-7-9-17(24)12-16/h3,5,7-9,12,18-21,27-28H,2,4,6,10-11,13-15H2,1H3,(H,25,29)(H,26,31)/t18-,19-,20+,21-/m1/s1. The topological polar surface area (TPSA) is 90.8 Å². The first-order valence-corrected chi connectivity index (χ1v) is 11.6. The van der Waals surface area contributed by atoms with Gasteiger partial charge in [0.25, 0.3) is 5.17 Å². The van der Waals surface area contributed by atoms with Gasteiger partial charge >= 0.3 is 0 Å². The Morgan fingerprint density at radius 1 is 1.26 bits per heavy atom. The summed E-state index contributed by atoms with van der Waals surface area (Å²) in [6.07, 6.45) is 5.96. The summed E-state index contributed by atoms with van der Waals surface area (Å²) in [6, 6.07) is 7.48. The van der Waals surface area contributed by atoms with Crippen molar-refractivity contribution in [3.05, 3.63) is 47.0 Å². The van der Waals surface area contributed by atoms with Crippen molar-refractivity contribution in [1.29, 1.82) is 0 Å². The van der Waals surface area contributed by atoms with Crippen molar-refractivity contribution in [3.63, 3.8) is 0 Å². The molecule has 1 amide bonds. The highest BCUT2D eigenvalue weighted by molar-refractivity contribution is 7.80. The van der Waals surface area contributed by atoms with Gasteiger partial charge in [0.2, 0.25) is 5.91 Å². The summed E-state index contributed by atoms with van der Waals surface area (Å²) < 4.78 is 5.67. The third-order valence-electron chi connectivity index (χ3n) is 5.48. The van der Waals surface area contributed by atoms with Crippen LogP contribution < -0.4 is 10.6 Å². The number of amides is 1. The van der Waals surface area contributed by atoms with Gasteiger partial charge in [-0.2, -0.15) is 0 Å². The van der Waals surface area contributed by atoms with Gasteiger partial charge in [-0.25, -0.2) is 0 Å². The number of rotatable bonds is 11. The Balaban J connectivity index is 1.73. The van der Waals surface area contributed by atoms with Crippen LogP contribution in [-0.2, 0) is 16.1 Å². The van der Waals surface area contributed by atoms with E-state index >= 15 is 0 Å². The number of halogens is 1. The van der Waals surface area contributed by atoms with Crippen LogP contribution in [0.2, 0.25) is 5.02 Å². The number of thiocarbonyl (C=S) groups is 1. The smallest absolute Gasteiger partial charge is 0.256 e. The molecule has 172 valence electrons. The van der Waals surface area contributed by atoms with Crippen molar-refractivity contribution < 1.29 is 19.7 Å². The number of benzene rings is 1. The predicted molar refractivity (Wildman–Crippen MR) is 127 cm³/mol. The number of hydrogen-bond donors (Lipinski definition) is 4. The minimum Gasteiger partial charge on any atom is -0.471 e. The molecule has 8 heteroatoms. The number of hydrogen-bond acceptors (Lipinski definition) is 5. The summed E-state index contributed by atoms with van der Waals surface area (Å²) in [5, 5.41) is 27.4. The molecule has 0 saturated heterocycles. The quantitative estimate of drug-likeness (QED) is 0.226. The maximum absolute atomic E-state index is 11.4. The molecule has 6 nitrogen and oxygen atoms in total. The summed E-state index contributed by atoms with van der Waals surface area (Å²) in [6.45, 7) is 3.30. The van der Waals surface area contributed by atoms with Crippen LogP contribution in [0.3, 0.4) is 0 Å². The number of aliphatic hydroxyl groups excluding tert-OH is 2. The molecule has 0 aromatic heterocycles. The minimum absolute atomic E-state index is 0.0717. The van der Waals surface area contributed by atoms with Crippen LogP contribution in [0.25, 0.3) is 0 Å². The molecule has 0 unspecified atom stereocenters. The lowest BCUT2D eigenvalue weighted by molar-refractivity contribution is -0.121. The predicted octanol–water partition coefficient (Wildman–Crippen LogP) is 3.34. The molecular formula is C23H33ClN2O4S. The molecule has 1 aliphatic rings. The number of allylic oxidation sites excluding steroid dienone is 2. The maximum atomic E-state index is 11.4. The number of carbonyl (C=O) groups excluding carboxylic acids is 1. The van der Waals surface area contributed by atoms with Crippen LogP contribution in [0, 0.1) is 11.8 Å². The molecule has 0 aliphatic heterocycles. The van der Waals surface area contributed by atoms with Gasteiger partial charge in [0, 0.05) is 30.5 Å². The van der Waals surface area contributed by atoms with Gasteiger partial charge in [-0.1, -0.05) is 35.9 Å². The van der Waals surface area contributed by atoms with Crippen molar-refractivity contribution in [3.8, 4) is 0 Å². The SMILES string of the molecule is CCNC(=O)CCCC=CC[C@@H]1[C@@H](COC(=S)NCc2cccc(Cl)c2)[C@H](O)C[C@@H]1O. The molecule has 4 atom stereocenters. The fourth-order valence-corrected chi connectivity index (χ4v) is 4.17. The van der Waals surface area contributed by atoms with Gasteiger partial charge in [0.1, 0.15) is 0 Å². The van der Waals surface area contributed by atoms with E-state index in [1.165, 1.54) is 0 Å². The van der Waals surface area contributed by atoms with Crippen molar-refractivity contribution in [2.45, 2.75) is 57.8 Å². The summed E-state index contributed by atoms with van der Waals surface area (Å²) >= 11 is 11.2. The van der Waals surface area contributed by atoms with E-state index < -0.39 is 12.2 Å². The van der Waals surface area contributed by atoms with Crippen molar-refractivity contribution >= 4 is 34.9 Å². The fraction of sp³-hybridized carbons (Fsp3) is 0.565. The second-order valence-electron chi connectivity index (χ2n) is 7.83. The van der Waals surface area contributed by atoms with Gasteiger partial charge in [0.15, 0.2) is 0 Å². The molecule has 31 heavy (non-hydrogen) atoms. The molecule has 0 radical (unpaired) electrons. The molecule has 1 aromatic rings. The zero-order valence-corrected chi connectivity index (χ0v) is 19.5. The Hall–Kier alpha value is -1.67. The molecule has 0 spiro atoms. The van der Waals surface area contributed by atoms with Crippen LogP contribution in [0.1, 0.15) is 44.6 Å². The monoisotopic (exact) mass is 468 g/mol. The molecule has 1 aromatic carbocycles. The summed E-state index contributed by atoms with van der Waals surface area (Å²) in [4.78, 5) is 11.4. The van der Waals surface area contributed by atoms with E-state index in [4.69, 9.17) is 28.6 Å². The fourth-order valence-electron chi connectivity index (χ4n) is 3.82. The summed E-state index contributed by atoms with van der Waals surface area (Å²) in [5.41, 5.74) is 0.991. The van der Waals surface area contributed by atoms with Gasteiger partial charge in [0.05, 0.1) is 18.8 Å². The van der Waals surface area contributed by atoms with E-state index in [1.807, 2.05) is 43.3 Å². The zero-order valence-electron chi connectivity index (χ0n) is 17.9. The molecular weight excluding hydrogens is 436 g/mol. The first-order chi connectivity index (χ1) is 14.9. The first-order valence-electron chi connectivity index (χ1n) is 10.8. The number of ether oxygens (including phenoxy) is 1. The van der Waals surface area contributed by atoms with E-state index in [9.17, 15) is 15.0 Å². The molecule has 2 rings (SSSR count). The molecule has 1 saturated carbocycles. The molecule has 4 N–H and O–H groups in total. The molecule has 0 bridgehead atoms. The summed E-state index contributed by atoms with van der Waals surface area (Å²) in [7, 11) is 0. The third kappa shape index (κ3) is 9.15. The number of nitrogens with one attached hydrogen (secondary N) is 2. The summed E-state index contributed by atoms with van der Waals surface area (Å²) in [5.74, 6) is -0.214. The normalized spacial score (nSPS) is 23.1. The van der Waals surface area contributed by atoms with Gasteiger partial charge in [-0.3, -0.25) is 4.79 Å². The average Bonchev–Trinajstić information content (AvgIpc) is 3.00. The van der Waals surface area contributed by atoms with E-state index in [0.717, 1.165) is 18.4 Å². The number of unbranched alkanes of at least 4 members (excludes halogenated alkanes) is 1. The van der Waals surface area contributed by atoms with E-state index in [0.29, 0.717) is 37.4 Å². The number of carbonyl (C=O) groups is 1. The number of aliphatic hydroxyl groups is 2. The lowest BCUT2D eigenvalue weighted by Crippen LogP contribution is -2.31. The Kier molecular flexibility index (Phi) is 11.3. The molecule has 0 heterocycles. The highest BCUT2D eigenvalue weighted by Crippen LogP contribution is 2.35. The van der Waals surface area contributed by atoms with Crippen LogP contribution in [0.5, 0.6) is 0 Å². The van der Waals surface area contributed by atoms with Crippen molar-refractivity contribution in [2.24, 2.45) is 11.8 Å². The van der Waals surface area contributed by atoms with Gasteiger partial charge in [-0.15, -0.1) is 0 Å². The van der Waals surface area contributed by atoms with E-state index in [2.05, 4.69) is 10.6 Å². The second-order valence-corrected chi connectivity index (χ2v) is 8.64. The first kappa shape index (κ1) is 25.6. The van der Waals surface area contributed by atoms with Gasteiger partial charge < -0.3 is 25.6 Å². The third-order valence-corrected chi connectivity index (χ3v) is 5.97. The van der Waals surface area contributed by atoms with Crippen LogP contribution in [0.4, 0.5) is 0 Å². The van der Waals surface area contributed by atoms with Crippen LogP contribution in [0.15, 0.2) is 36.4 Å². The Morgan fingerprint density at radius 2 is 2.03 bits per heavy atom. The van der Waals surface area contributed by atoms with Crippen molar-refractivity contribution in [2.75, 3.05) is 13.2 Å². The van der Waals surface area contributed by atoms with Crippen LogP contribution in [-0.4, -0.2) is 46.7 Å². The van der Waals surface area contributed by atoms with E-state index in [1.54, 1.807) is 0 Å². The minimum atomic E-state index is -0.623. The van der Waals surface area contributed by atoms with Crippen molar-refractivity contribution in [1.82, 2.24) is 10.6 Å².